The summed E-state index contributed by atoms with van der Waals surface area (Å²) in [5.74, 6) is 0.359. The molecule has 1 N–H and O–H groups in total. The molecule has 0 radical (unpaired) electrons. The summed E-state index contributed by atoms with van der Waals surface area (Å²) in [6, 6.07) is 18.3. The first-order chi connectivity index (χ1) is 15.8. The summed E-state index contributed by atoms with van der Waals surface area (Å²) < 4.78 is 6.67. The van der Waals surface area contributed by atoms with E-state index in [1.807, 2.05) is 68.4 Å². The molecule has 0 heterocycles. The van der Waals surface area contributed by atoms with Gasteiger partial charge in [-0.05, 0) is 57.2 Å². The molecule has 0 aliphatic rings. The van der Waals surface area contributed by atoms with Crippen LogP contribution in [0.5, 0.6) is 5.75 Å². The number of benzene rings is 3. The normalized spacial score (nSPS) is 11.9. The maximum absolute atomic E-state index is 13.3. The molecule has 0 fully saturated rings. The van der Waals surface area contributed by atoms with Gasteiger partial charge in [0, 0.05) is 18.1 Å². The van der Waals surface area contributed by atoms with Gasteiger partial charge >= 0.3 is 0 Å². The lowest BCUT2D eigenvalue weighted by molar-refractivity contribution is -0.142. The van der Waals surface area contributed by atoms with Gasteiger partial charge < -0.3 is 15.0 Å². The number of nitrogens with one attached hydrogen (secondary N) is 1. The third-order valence-electron chi connectivity index (χ3n) is 5.33. The number of hydrogen-bond acceptors (Lipinski definition) is 3. The van der Waals surface area contributed by atoms with E-state index in [0.717, 1.165) is 20.8 Å². The second-order valence-electron chi connectivity index (χ2n) is 8.32. The molecule has 0 aliphatic heterocycles. The summed E-state index contributed by atoms with van der Waals surface area (Å²) in [6.07, 6.45) is 0. The highest BCUT2D eigenvalue weighted by molar-refractivity contribution is 9.10. The van der Waals surface area contributed by atoms with E-state index in [2.05, 4.69) is 21.2 Å². The summed E-state index contributed by atoms with van der Waals surface area (Å²) in [4.78, 5) is 27.5. The van der Waals surface area contributed by atoms with Crippen LogP contribution in [0.3, 0.4) is 0 Å². The molecule has 0 unspecified atom stereocenters. The first-order valence-corrected chi connectivity index (χ1v) is 12.1. The second kappa shape index (κ2) is 11.5. The molecule has 0 spiro atoms. The van der Waals surface area contributed by atoms with Gasteiger partial charge in [-0.25, -0.2) is 0 Å². The van der Waals surface area contributed by atoms with Crippen molar-refractivity contribution in [2.45, 2.75) is 33.4 Å². The zero-order valence-electron chi connectivity index (χ0n) is 19.0. The minimum absolute atomic E-state index is 0.205. The molecule has 2 amide bonds. The zero-order valence-corrected chi connectivity index (χ0v) is 21.3. The molecule has 0 aliphatic carbocycles. The Bertz CT molecular complexity index is 1140. The van der Waals surface area contributed by atoms with Crippen LogP contribution in [0.4, 0.5) is 0 Å². The van der Waals surface area contributed by atoms with Crippen LogP contribution in [0, 0.1) is 5.92 Å². The number of amides is 2. The Balaban J connectivity index is 1.79. The summed E-state index contributed by atoms with van der Waals surface area (Å²) in [6.45, 7) is 6.30. The van der Waals surface area contributed by atoms with Gasteiger partial charge in [-0.2, -0.15) is 0 Å². The number of hydrogen-bond donors (Lipinski definition) is 1. The molecule has 0 bridgehead atoms. The van der Waals surface area contributed by atoms with Crippen molar-refractivity contribution >= 4 is 50.1 Å². The van der Waals surface area contributed by atoms with Crippen molar-refractivity contribution in [2.75, 3.05) is 13.2 Å². The Morgan fingerprint density at radius 1 is 1.03 bits per heavy atom. The molecule has 3 rings (SSSR count). The molecule has 0 saturated heterocycles. The number of carbonyl (C=O) groups excluding carboxylic acids is 2. The molecule has 3 aromatic carbocycles. The number of halogens is 2. The highest BCUT2D eigenvalue weighted by Crippen LogP contribution is 2.33. The fraction of sp³-hybridized carbons (Fsp3) is 0.308. The van der Waals surface area contributed by atoms with Crippen molar-refractivity contribution in [3.63, 3.8) is 0 Å². The largest absolute Gasteiger partial charge is 0.483 e. The van der Waals surface area contributed by atoms with Gasteiger partial charge in [-0.15, -0.1) is 0 Å². The Morgan fingerprint density at radius 2 is 1.73 bits per heavy atom. The van der Waals surface area contributed by atoms with Crippen LogP contribution >= 0.6 is 27.5 Å². The van der Waals surface area contributed by atoms with E-state index in [-0.39, 0.29) is 25.0 Å². The van der Waals surface area contributed by atoms with Crippen LogP contribution in [0.2, 0.25) is 5.02 Å². The highest BCUT2D eigenvalue weighted by atomic mass is 79.9. The van der Waals surface area contributed by atoms with Crippen molar-refractivity contribution in [1.29, 1.82) is 0 Å². The minimum Gasteiger partial charge on any atom is -0.483 e. The molecule has 7 heteroatoms. The maximum atomic E-state index is 13.3. The van der Waals surface area contributed by atoms with Crippen molar-refractivity contribution in [3.05, 3.63) is 75.7 Å². The van der Waals surface area contributed by atoms with Gasteiger partial charge in [-0.3, -0.25) is 9.59 Å². The van der Waals surface area contributed by atoms with E-state index < -0.39 is 6.04 Å². The van der Waals surface area contributed by atoms with E-state index in [0.29, 0.717) is 23.2 Å². The quantitative estimate of drug-likeness (QED) is 0.378. The lowest BCUT2D eigenvalue weighted by atomic mass is 10.1. The second-order valence-corrected chi connectivity index (χ2v) is 9.52. The maximum Gasteiger partial charge on any atom is 0.261 e. The van der Waals surface area contributed by atoms with Crippen molar-refractivity contribution in [1.82, 2.24) is 10.2 Å². The molecule has 0 aromatic heterocycles. The van der Waals surface area contributed by atoms with Crippen molar-refractivity contribution in [3.8, 4) is 5.75 Å². The lowest BCUT2D eigenvalue weighted by Gasteiger charge is -2.29. The molecule has 174 valence electrons. The Kier molecular flexibility index (Phi) is 8.75. The highest BCUT2D eigenvalue weighted by Gasteiger charge is 2.27. The predicted octanol–water partition coefficient (Wildman–Crippen LogP) is 5.82. The first-order valence-electron chi connectivity index (χ1n) is 10.9. The van der Waals surface area contributed by atoms with Gasteiger partial charge in [-0.1, -0.05) is 74.0 Å². The average Bonchev–Trinajstić information content (AvgIpc) is 2.81. The van der Waals surface area contributed by atoms with E-state index in [1.165, 1.54) is 4.90 Å². The number of carbonyl (C=O) groups is 2. The topological polar surface area (TPSA) is 58.6 Å². The first kappa shape index (κ1) is 25.1. The summed E-state index contributed by atoms with van der Waals surface area (Å²) >= 11 is 9.92. The molecule has 1 atom stereocenters. The van der Waals surface area contributed by atoms with Crippen LogP contribution in [0.1, 0.15) is 26.3 Å². The van der Waals surface area contributed by atoms with Gasteiger partial charge in [0.1, 0.15) is 11.8 Å². The lowest BCUT2D eigenvalue weighted by Crippen LogP contribution is -2.49. The molecule has 3 aromatic rings. The van der Waals surface area contributed by atoms with E-state index in [1.54, 1.807) is 13.0 Å². The molecular weight excluding hydrogens is 504 g/mol. The third-order valence-corrected chi connectivity index (χ3v) is 6.52. The predicted molar refractivity (Wildman–Crippen MR) is 136 cm³/mol. The summed E-state index contributed by atoms with van der Waals surface area (Å²) in [5, 5.41) is 5.52. The fourth-order valence-corrected chi connectivity index (χ4v) is 4.20. The Labute approximate surface area is 208 Å². The molecule has 33 heavy (non-hydrogen) atoms. The van der Waals surface area contributed by atoms with Gasteiger partial charge in [0.2, 0.25) is 5.91 Å². The number of rotatable bonds is 9. The monoisotopic (exact) mass is 530 g/mol. The van der Waals surface area contributed by atoms with E-state index in [9.17, 15) is 9.59 Å². The molecular formula is C26H28BrClN2O3. The van der Waals surface area contributed by atoms with Crippen LogP contribution in [-0.2, 0) is 16.1 Å². The van der Waals surface area contributed by atoms with Crippen LogP contribution < -0.4 is 10.1 Å². The fourth-order valence-electron chi connectivity index (χ4n) is 3.39. The molecule has 5 nitrogen and oxygen atoms in total. The van der Waals surface area contributed by atoms with Crippen molar-refractivity contribution in [2.24, 2.45) is 5.92 Å². The minimum atomic E-state index is -0.684. The SMILES string of the molecule is CC(C)CNC(=O)[C@@H](C)N(Cc1ccccc1Cl)C(=O)COc1ccc2ccccc2c1Br. The van der Waals surface area contributed by atoms with Crippen LogP contribution in [0.15, 0.2) is 65.1 Å². The summed E-state index contributed by atoms with van der Waals surface area (Å²) in [5.41, 5.74) is 0.767. The number of ether oxygens (including phenoxy) is 1. The van der Waals surface area contributed by atoms with Crippen molar-refractivity contribution < 1.29 is 14.3 Å². The third kappa shape index (κ3) is 6.49. The van der Waals surface area contributed by atoms with Crippen LogP contribution in [-0.4, -0.2) is 35.9 Å². The van der Waals surface area contributed by atoms with Gasteiger partial charge in [0.15, 0.2) is 6.61 Å². The number of fused-ring (bicyclic) bond motifs is 1. The Hall–Kier alpha value is -2.57. The van der Waals surface area contributed by atoms with Gasteiger partial charge in [0.25, 0.3) is 5.91 Å². The van der Waals surface area contributed by atoms with Gasteiger partial charge in [0.05, 0.1) is 4.47 Å². The number of nitrogens with zero attached hydrogens (tertiary/aromatic N) is 1. The summed E-state index contributed by atoms with van der Waals surface area (Å²) in [7, 11) is 0. The van der Waals surface area contributed by atoms with Crippen LogP contribution in [0.25, 0.3) is 10.8 Å². The standard InChI is InChI=1S/C26H28BrClN2O3/c1-17(2)14-29-26(32)18(3)30(15-20-9-5-7-11-22(20)28)24(31)16-33-23-13-12-19-8-4-6-10-21(19)25(23)27/h4-13,17-18H,14-16H2,1-3H3,(H,29,32)/t18-/m1/s1. The van der Waals surface area contributed by atoms with E-state index >= 15 is 0 Å². The smallest absolute Gasteiger partial charge is 0.261 e. The average molecular weight is 532 g/mol. The molecule has 0 saturated carbocycles. The zero-order chi connectivity index (χ0) is 24.0. The van der Waals surface area contributed by atoms with E-state index in [4.69, 9.17) is 16.3 Å². The Morgan fingerprint density at radius 3 is 2.45 bits per heavy atom.